The Morgan fingerprint density at radius 3 is 2.40 bits per heavy atom. The molecule has 0 aromatic heterocycles. The molecule has 0 unspecified atom stereocenters. The van der Waals surface area contributed by atoms with E-state index in [2.05, 4.69) is 0 Å². The van der Waals surface area contributed by atoms with Gasteiger partial charge in [-0.1, -0.05) is 25.1 Å². The fourth-order valence-corrected chi connectivity index (χ4v) is 1.24. The van der Waals surface area contributed by atoms with Crippen LogP contribution in [-0.4, -0.2) is 17.6 Å². The van der Waals surface area contributed by atoms with Crippen molar-refractivity contribution < 1.29 is 9.90 Å². The van der Waals surface area contributed by atoms with Crippen molar-refractivity contribution in [1.29, 1.82) is 0 Å². The van der Waals surface area contributed by atoms with Crippen LogP contribution in [0.15, 0.2) is 29.8 Å². The molecule has 80 valence electrons. The molecule has 0 aliphatic carbocycles. The van der Waals surface area contributed by atoms with Crippen LogP contribution in [0.4, 0.5) is 0 Å². The summed E-state index contributed by atoms with van der Waals surface area (Å²) in [4.78, 5) is 10.8. The zero-order chi connectivity index (χ0) is 11.3. The van der Waals surface area contributed by atoms with Gasteiger partial charge in [-0.3, -0.25) is 4.79 Å². The molecule has 0 aliphatic heterocycles. The quantitative estimate of drug-likeness (QED) is 0.783. The standard InChI is InChI=1S/C12H15NO2/c1-2-9(8-14)7-10-3-5-11(6-4-10)12(13)15/h3-7,14H,2,8H2,1H3,(H2,13,15). The van der Waals surface area contributed by atoms with Gasteiger partial charge in [-0.2, -0.15) is 0 Å². The first kappa shape index (κ1) is 11.5. The highest BCUT2D eigenvalue weighted by atomic mass is 16.3. The minimum Gasteiger partial charge on any atom is -0.392 e. The van der Waals surface area contributed by atoms with Crippen LogP contribution >= 0.6 is 0 Å². The second kappa shape index (κ2) is 5.32. The van der Waals surface area contributed by atoms with E-state index >= 15 is 0 Å². The van der Waals surface area contributed by atoms with Gasteiger partial charge >= 0.3 is 0 Å². The van der Waals surface area contributed by atoms with Crippen molar-refractivity contribution in [3.8, 4) is 0 Å². The Morgan fingerprint density at radius 2 is 2.00 bits per heavy atom. The summed E-state index contributed by atoms with van der Waals surface area (Å²) in [6.07, 6.45) is 2.72. The lowest BCUT2D eigenvalue weighted by atomic mass is 10.1. The van der Waals surface area contributed by atoms with Gasteiger partial charge in [0, 0.05) is 5.56 Å². The molecule has 1 amide bonds. The molecular weight excluding hydrogens is 190 g/mol. The van der Waals surface area contributed by atoms with Gasteiger partial charge in [-0.25, -0.2) is 0 Å². The number of hydrogen-bond acceptors (Lipinski definition) is 2. The molecule has 0 aliphatic rings. The minimum absolute atomic E-state index is 0.0636. The Kier molecular flexibility index (Phi) is 4.06. The summed E-state index contributed by atoms with van der Waals surface area (Å²) in [5.41, 5.74) is 7.54. The molecular formula is C12H15NO2. The molecule has 0 heterocycles. The molecule has 3 N–H and O–H groups in total. The summed E-state index contributed by atoms with van der Waals surface area (Å²) in [5.74, 6) is -0.427. The van der Waals surface area contributed by atoms with E-state index in [1.165, 1.54) is 0 Å². The monoisotopic (exact) mass is 205 g/mol. The molecule has 3 heteroatoms. The van der Waals surface area contributed by atoms with Crippen LogP contribution < -0.4 is 5.73 Å². The van der Waals surface area contributed by atoms with Gasteiger partial charge in [0.2, 0.25) is 5.91 Å². The molecule has 0 fully saturated rings. The molecule has 0 saturated carbocycles. The van der Waals surface area contributed by atoms with Crippen LogP contribution in [0.1, 0.15) is 29.3 Å². The SMILES string of the molecule is CCC(=Cc1ccc(C(N)=O)cc1)CO. The highest BCUT2D eigenvalue weighted by Crippen LogP contribution is 2.10. The van der Waals surface area contributed by atoms with E-state index < -0.39 is 5.91 Å². The van der Waals surface area contributed by atoms with Crippen LogP contribution in [-0.2, 0) is 0 Å². The van der Waals surface area contributed by atoms with Gasteiger partial charge < -0.3 is 10.8 Å². The van der Waals surface area contributed by atoms with E-state index in [1.54, 1.807) is 12.1 Å². The topological polar surface area (TPSA) is 63.3 Å². The third kappa shape index (κ3) is 3.22. The van der Waals surface area contributed by atoms with E-state index in [0.29, 0.717) is 5.56 Å². The number of nitrogens with two attached hydrogens (primary N) is 1. The maximum absolute atomic E-state index is 10.8. The summed E-state index contributed by atoms with van der Waals surface area (Å²) >= 11 is 0. The highest BCUT2D eigenvalue weighted by molar-refractivity contribution is 5.92. The lowest BCUT2D eigenvalue weighted by Gasteiger charge is -2.01. The minimum atomic E-state index is -0.427. The van der Waals surface area contributed by atoms with Gasteiger partial charge in [-0.05, 0) is 29.7 Å². The van der Waals surface area contributed by atoms with Gasteiger partial charge in [0.05, 0.1) is 6.61 Å². The largest absolute Gasteiger partial charge is 0.392 e. The highest BCUT2D eigenvalue weighted by Gasteiger charge is 1.98. The molecule has 1 aromatic carbocycles. The van der Waals surface area contributed by atoms with Gasteiger partial charge in [-0.15, -0.1) is 0 Å². The van der Waals surface area contributed by atoms with Crippen molar-refractivity contribution in [1.82, 2.24) is 0 Å². The normalized spacial score (nSPS) is 11.5. The zero-order valence-electron chi connectivity index (χ0n) is 8.73. The molecule has 0 radical (unpaired) electrons. The van der Waals surface area contributed by atoms with E-state index in [9.17, 15) is 4.79 Å². The summed E-state index contributed by atoms with van der Waals surface area (Å²) in [6.45, 7) is 2.05. The first-order valence-corrected chi connectivity index (χ1v) is 4.87. The molecule has 1 rings (SSSR count). The Balaban J connectivity index is 2.89. The first-order valence-electron chi connectivity index (χ1n) is 4.87. The fraction of sp³-hybridized carbons (Fsp3) is 0.250. The van der Waals surface area contributed by atoms with Crippen molar-refractivity contribution >= 4 is 12.0 Å². The molecule has 0 saturated heterocycles. The third-order valence-corrected chi connectivity index (χ3v) is 2.22. The lowest BCUT2D eigenvalue weighted by Crippen LogP contribution is -2.10. The Hall–Kier alpha value is -1.61. The molecule has 15 heavy (non-hydrogen) atoms. The maximum atomic E-state index is 10.8. The zero-order valence-corrected chi connectivity index (χ0v) is 8.73. The maximum Gasteiger partial charge on any atom is 0.248 e. The molecule has 1 aromatic rings. The predicted molar refractivity (Wildman–Crippen MR) is 60.3 cm³/mol. The van der Waals surface area contributed by atoms with Crippen molar-refractivity contribution in [3.63, 3.8) is 0 Å². The summed E-state index contributed by atoms with van der Waals surface area (Å²) < 4.78 is 0. The number of carbonyl (C=O) groups excluding carboxylic acids is 1. The molecule has 3 nitrogen and oxygen atoms in total. The van der Waals surface area contributed by atoms with Crippen molar-refractivity contribution in [2.24, 2.45) is 5.73 Å². The van der Waals surface area contributed by atoms with E-state index in [1.807, 2.05) is 25.1 Å². The summed E-state index contributed by atoms with van der Waals surface area (Å²) in [5, 5.41) is 8.99. The van der Waals surface area contributed by atoms with Crippen molar-refractivity contribution in [2.45, 2.75) is 13.3 Å². The van der Waals surface area contributed by atoms with Crippen LogP contribution in [0.5, 0.6) is 0 Å². The van der Waals surface area contributed by atoms with Crippen molar-refractivity contribution in [3.05, 3.63) is 41.0 Å². The van der Waals surface area contributed by atoms with E-state index in [0.717, 1.165) is 17.6 Å². The van der Waals surface area contributed by atoms with Gasteiger partial charge in [0.1, 0.15) is 0 Å². The second-order valence-electron chi connectivity index (χ2n) is 3.30. The smallest absolute Gasteiger partial charge is 0.248 e. The number of carbonyl (C=O) groups is 1. The summed E-state index contributed by atoms with van der Waals surface area (Å²) in [6, 6.07) is 6.98. The van der Waals surface area contributed by atoms with E-state index in [-0.39, 0.29) is 6.61 Å². The van der Waals surface area contributed by atoms with Crippen LogP contribution in [0.2, 0.25) is 0 Å². The average Bonchev–Trinajstić information content (AvgIpc) is 2.26. The van der Waals surface area contributed by atoms with E-state index in [4.69, 9.17) is 10.8 Å². The molecule has 0 bridgehead atoms. The molecule has 0 atom stereocenters. The van der Waals surface area contributed by atoms with Gasteiger partial charge in [0.15, 0.2) is 0 Å². The lowest BCUT2D eigenvalue weighted by molar-refractivity contribution is 0.100. The Morgan fingerprint density at radius 1 is 1.40 bits per heavy atom. The number of amides is 1. The third-order valence-electron chi connectivity index (χ3n) is 2.22. The number of aliphatic hydroxyl groups excluding tert-OH is 1. The number of hydrogen-bond donors (Lipinski definition) is 2. The van der Waals surface area contributed by atoms with Crippen LogP contribution in [0, 0.1) is 0 Å². The molecule has 0 spiro atoms. The number of aliphatic hydroxyl groups is 1. The number of rotatable bonds is 4. The predicted octanol–water partition coefficient (Wildman–Crippen LogP) is 1.57. The first-order chi connectivity index (χ1) is 7.17. The number of benzene rings is 1. The number of primary amides is 1. The van der Waals surface area contributed by atoms with Gasteiger partial charge in [0.25, 0.3) is 0 Å². The fourth-order valence-electron chi connectivity index (χ4n) is 1.24. The second-order valence-corrected chi connectivity index (χ2v) is 3.30. The Bertz CT molecular complexity index is 360. The van der Waals surface area contributed by atoms with Crippen LogP contribution in [0.25, 0.3) is 6.08 Å². The van der Waals surface area contributed by atoms with Crippen LogP contribution in [0.3, 0.4) is 0 Å². The Labute approximate surface area is 89.2 Å². The average molecular weight is 205 g/mol. The van der Waals surface area contributed by atoms with Crippen molar-refractivity contribution in [2.75, 3.05) is 6.61 Å². The summed E-state index contributed by atoms with van der Waals surface area (Å²) in [7, 11) is 0.